The minimum absolute atomic E-state index is 0.101. The van der Waals surface area contributed by atoms with Gasteiger partial charge in [-0.2, -0.15) is 0 Å². The van der Waals surface area contributed by atoms with Crippen molar-refractivity contribution in [1.29, 1.82) is 0 Å². The predicted octanol–water partition coefficient (Wildman–Crippen LogP) is 7.16. The van der Waals surface area contributed by atoms with Crippen LogP contribution in [-0.4, -0.2) is 33.1 Å². The summed E-state index contributed by atoms with van der Waals surface area (Å²) in [5, 5.41) is 11.4. The lowest BCUT2D eigenvalue weighted by Crippen LogP contribution is -2.43. The highest BCUT2D eigenvalue weighted by Crippen LogP contribution is 2.48. The summed E-state index contributed by atoms with van der Waals surface area (Å²) in [5.41, 5.74) is 5.18. The van der Waals surface area contributed by atoms with Crippen LogP contribution in [0.1, 0.15) is 50.5 Å². The fourth-order valence-corrected chi connectivity index (χ4v) is 5.41. The van der Waals surface area contributed by atoms with E-state index in [1.54, 1.807) is 14.0 Å². The summed E-state index contributed by atoms with van der Waals surface area (Å²) in [6.45, 7) is 13.1. The first-order valence-corrected chi connectivity index (χ1v) is 15.6. The number of aliphatic hydroxyl groups excluding tert-OH is 1. The molecule has 5 nitrogen and oxygen atoms in total. The highest BCUT2D eigenvalue weighted by atomic mass is 28.4. The van der Waals surface area contributed by atoms with Gasteiger partial charge < -0.3 is 19.0 Å². The lowest BCUT2D eigenvalue weighted by atomic mass is 9.90. The van der Waals surface area contributed by atoms with E-state index in [0.717, 1.165) is 28.0 Å². The molecule has 0 saturated heterocycles. The minimum atomic E-state index is -1.96. The van der Waals surface area contributed by atoms with Crippen molar-refractivity contribution in [1.82, 2.24) is 0 Å². The molecule has 1 unspecified atom stereocenters. The molecule has 0 amide bonds. The van der Waals surface area contributed by atoms with Gasteiger partial charge in [-0.25, -0.2) is 4.79 Å². The van der Waals surface area contributed by atoms with Crippen molar-refractivity contribution in [3.63, 3.8) is 0 Å². The largest absolute Gasteiger partial charge is 0.544 e. The Labute approximate surface area is 220 Å². The number of hydrogen-bond acceptors (Lipinski definition) is 5. The minimum Gasteiger partial charge on any atom is -0.544 e. The van der Waals surface area contributed by atoms with E-state index in [2.05, 4.69) is 33.9 Å². The van der Waals surface area contributed by atoms with Crippen LogP contribution in [0.2, 0.25) is 18.1 Å². The number of ether oxygens (including phenoxy) is 2. The topological polar surface area (TPSA) is 65.0 Å². The molecular formula is C31H36O5Si. The van der Waals surface area contributed by atoms with Gasteiger partial charge in [-0.15, -0.1) is 0 Å². The number of benzene rings is 3. The van der Waals surface area contributed by atoms with Crippen molar-refractivity contribution in [2.24, 2.45) is 0 Å². The molecule has 0 spiro atoms. The molecule has 6 heteroatoms. The lowest BCUT2D eigenvalue weighted by molar-refractivity contribution is -0.139. The van der Waals surface area contributed by atoms with Crippen LogP contribution >= 0.6 is 0 Å². The number of aliphatic hydroxyl groups is 1. The quantitative estimate of drug-likeness (QED) is 0.267. The second-order valence-electron chi connectivity index (χ2n) is 10.8. The second-order valence-corrected chi connectivity index (χ2v) is 15.5. The van der Waals surface area contributed by atoms with Crippen molar-refractivity contribution < 1.29 is 23.8 Å². The van der Waals surface area contributed by atoms with E-state index < -0.39 is 20.4 Å². The highest BCUT2D eigenvalue weighted by Gasteiger charge is 2.39. The van der Waals surface area contributed by atoms with Crippen LogP contribution in [0.3, 0.4) is 0 Å². The number of hydrogen-bond donors (Lipinski definition) is 1. The fourth-order valence-electron chi connectivity index (χ4n) is 4.37. The molecule has 0 aliphatic heterocycles. The number of carbonyl (C=O) groups is 1. The van der Waals surface area contributed by atoms with E-state index in [-0.39, 0.29) is 17.2 Å². The number of fused-ring (bicyclic) bond motifs is 1. The summed E-state index contributed by atoms with van der Waals surface area (Å²) in [5.74, 6) is 1.05. The van der Waals surface area contributed by atoms with Crippen molar-refractivity contribution in [3.05, 3.63) is 89.0 Å². The van der Waals surface area contributed by atoms with Crippen molar-refractivity contribution >= 4 is 19.9 Å². The second kappa shape index (κ2) is 10.2. The van der Waals surface area contributed by atoms with E-state index in [1.807, 2.05) is 66.7 Å². The molecule has 0 radical (unpaired) electrons. The molecule has 0 aromatic heterocycles. The van der Waals surface area contributed by atoms with Gasteiger partial charge in [0.15, 0.2) is 0 Å². The third-order valence-electron chi connectivity index (χ3n) is 7.40. The van der Waals surface area contributed by atoms with Gasteiger partial charge in [0.25, 0.3) is 0 Å². The zero-order valence-electron chi connectivity index (χ0n) is 22.7. The molecular weight excluding hydrogens is 480 g/mol. The number of rotatable bonds is 7. The van der Waals surface area contributed by atoms with Gasteiger partial charge in [0.2, 0.25) is 8.32 Å². The van der Waals surface area contributed by atoms with E-state index in [0.29, 0.717) is 16.9 Å². The molecule has 1 aliphatic carbocycles. The molecule has 1 atom stereocenters. The van der Waals surface area contributed by atoms with Crippen molar-refractivity contribution in [3.8, 4) is 22.6 Å². The van der Waals surface area contributed by atoms with Gasteiger partial charge in [0.05, 0.1) is 19.3 Å². The third-order valence-corrected chi connectivity index (χ3v) is 11.8. The van der Waals surface area contributed by atoms with Gasteiger partial charge >= 0.3 is 5.97 Å². The van der Waals surface area contributed by atoms with Gasteiger partial charge in [0, 0.05) is 5.57 Å². The molecule has 194 valence electrons. The van der Waals surface area contributed by atoms with Gasteiger partial charge in [-0.3, -0.25) is 0 Å². The van der Waals surface area contributed by atoms with E-state index in [4.69, 9.17) is 13.9 Å². The molecule has 0 heterocycles. The van der Waals surface area contributed by atoms with E-state index >= 15 is 0 Å². The standard InChI is InChI=1S/C31H36O5Si/c1-8-35-30(33)28-26(21-14-16-22(34-5)17-15-21)27-24(10-9-11-25(27)29(28)32)20-12-18-23(19-13-20)36-37(6,7)31(2,3)4/h9-19,29,32H,8H2,1-7H3. The van der Waals surface area contributed by atoms with Gasteiger partial charge in [-0.05, 0) is 77.1 Å². The summed E-state index contributed by atoms with van der Waals surface area (Å²) in [6, 6.07) is 21.4. The molecule has 0 fully saturated rings. The Hall–Kier alpha value is -3.35. The molecule has 37 heavy (non-hydrogen) atoms. The van der Waals surface area contributed by atoms with Crippen LogP contribution in [0.25, 0.3) is 16.7 Å². The average molecular weight is 517 g/mol. The summed E-state index contributed by atoms with van der Waals surface area (Å²) >= 11 is 0. The van der Waals surface area contributed by atoms with Crippen LogP contribution in [0.4, 0.5) is 0 Å². The number of methoxy groups -OCH3 is 1. The molecule has 3 aromatic rings. The SMILES string of the molecule is CCOC(=O)C1=C(c2ccc(OC)cc2)c2c(-c3ccc(O[Si](C)(C)C(C)(C)C)cc3)cccc2C1O. The van der Waals surface area contributed by atoms with E-state index in [9.17, 15) is 9.90 Å². The van der Waals surface area contributed by atoms with Crippen LogP contribution in [0.15, 0.2) is 72.3 Å². The average Bonchev–Trinajstić information content (AvgIpc) is 3.16. The molecule has 4 rings (SSSR count). The van der Waals surface area contributed by atoms with E-state index in [1.165, 1.54) is 0 Å². The van der Waals surface area contributed by atoms with Gasteiger partial charge in [0.1, 0.15) is 17.6 Å². The number of esters is 1. The molecule has 0 saturated carbocycles. The Balaban J connectivity index is 1.83. The smallest absolute Gasteiger partial charge is 0.337 e. The number of carbonyl (C=O) groups excluding carboxylic acids is 1. The summed E-state index contributed by atoms with van der Waals surface area (Å²) in [7, 11) is -0.348. The Morgan fingerprint density at radius 3 is 2.08 bits per heavy atom. The fraction of sp³-hybridized carbons (Fsp3) is 0.323. The molecule has 3 aromatic carbocycles. The van der Waals surface area contributed by atoms with Crippen LogP contribution in [0, 0.1) is 0 Å². The third kappa shape index (κ3) is 5.09. The zero-order chi connectivity index (χ0) is 27.0. The monoisotopic (exact) mass is 516 g/mol. The molecule has 0 bridgehead atoms. The maximum Gasteiger partial charge on any atom is 0.337 e. The van der Waals surface area contributed by atoms with Crippen LogP contribution in [-0.2, 0) is 9.53 Å². The normalized spacial score (nSPS) is 15.4. The van der Waals surface area contributed by atoms with Crippen LogP contribution in [0.5, 0.6) is 11.5 Å². The first-order valence-electron chi connectivity index (χ1n) is 12.6. The first kappa shape index (κ1) is 26.7. The summed E-state index contributed by atoms with van der Waals surface area (Å²) < 4.78 is 17.2. The van der Waals surface area contributed by atoms with Crippen molar-refractivity contribution in [2.75, 3.05) is 13.7 Å². The Morgan fingerprint density at radius 1 is 0.919 bits per heavy atom. The maximum absolute atomic E-state index is 13.1. The zero-order valence-corrected chi connectivity index (χ0v) is 23.7. The lowest BCUT2D eigenvalue weighted by Gasteiger charge is -2.36. The Morgan fingerprint density at radius 2 is 1.51 bits per heavy atom. The van der Waals surface area contributed by atoms with Gasteiger partial charge in [-0.1, -0.05) is 63.2 Å². The Kier molecular flexibility index (Phi) is 7.35. The van der Waals surface area contributed by atoms with Crippen LogP contribution < -0.4 is 9.16 Å². The summed E-state index contributed by atoms with van der Waals surface area (Å²) in [4.78, 5) is 13.1. The maximum atomic E-state index is 13.1. The molecule has 1 N–H and O–H groups in total. The predicted molar refractivity (Wildman–Crippen MR) is 150 cm³/mol. The first-order chi connectivity index (χ1) is 17.5. The van der Waals surface area contributed by atoms with Crippen molar-refractivity contribution in [2.45, 2.75) is 51.9 Å². The summed E-state index contributed by atoms with van der Waals surface area (Å²) in [6.07, 6.45) is -1.08. The highest BCUT2D eigenvalue weighted by molar-refractivity contribution is 6.74. The molecule has 1 aliphatic rings. The Bertz CT molecular complexity index is 1320.